The van der Waals surface area contributed by atoms with Crippen molar-refractivity contribution in [2.24, 2.45) is 0 Å². The molecule has 0 spiro atoms. The molecule has 0 aliphatic rings. The molecule has 1 aromatic rings. The van der Waals surface area contributed by atoms with E-state index in [1.807, 2.05) is 34.9 Å². The fraction of sp³-hybridized carbons (Fsp3) is 0.667. The van der Waals surface area contributed by atoms with Crippen LogP contribution in [0.1, 0.15) is 26.6 Å². The molecule has 6 heteroatoms. The van der Waals surface area contributed by atoms with Gasteiger partial charge >= 0.3 is 0 Å². The van der Waals surface area contributed by atoms with Crippen molar-refractivity contribution in [3.05, 3.63) is 11.0 Å². The first-order chi connectivity index (χ1) is 8.21. The summed E-state index contributed by atoms with van der Waals surface area (Å²) in [6, 6.07) is 0. The lowest BCUT2D eigenvalue weighted by atomic mass is 9.96. The van der Waals surface area contributed by atoms with Crippen molar-refractivity contribution in [1.29, 1.82) is 0 Å². The molecule has 18 heavy (non-hydrogen) atoms. The van der Waals surface area contributed by atoms with Crippen LogP contribution in [0.2, 0.25) is 5.15 Å². The molecule has 0 aromatic carbocycles. The Hall–Kier alpha value is -1.07. The Morgan fingerprint density at radius 1 is 1.28 bits per heavy atom. The van der Waals surface area contributed by atoms with Gasteiger partial charge in [0, 0.05) is 18.5 Å². The van der Waals surface area contributed by atoms with E-state index in [0.717, 1.165) is 13.1 Å². The molecule has 1 heterocycles. The zero-order valence-corrected chi connectivity index (χ0v) is 12.5. The zero-order valence-electron chi connectivity index (χ0n) is 11.7. The van der Waals surface area contributed by atoms with Crippen LogP contribution < -0.4 is 11.1 Å². The lowest BCUT2D eigenvalue weighted by Gasteiger charge is -2.19. The van der Waals surface area contributed by atoms with Gasteiger partial charge in [0.1, 0.15) is 11.5 Å². The van der Waals surface area contributed by atoms with Crippen LogP contribution in [0.15, 0.2) is 0 Å². The average molecular weight is 272 g/mol. The Morgan fingerprint density at radius 3 is 2.39 bits per heavy atom. The summed E-state index contributed by atoms with van der Waals surface area (Å²) in [6.07, 6.45) is 0. The van der Waals surface area contributed by atoms with Crippen LogP contribution in [-0.2, 0) is 5.41 Å². The first kappa shape index (κ1) is 15.0. The molecule has 0 radical (unpaired) electrons. The molecule has 0 fully saturated rings. The number of nitrogens with one attached hydrogen (secondary N) is 1. The third-order valence-corrected chi connectivity index (χ3v) is 2.71. The molecule has 0 unspecified atom stereocenters. The van der Waals surface area contributed by atoms with E-state index in [0.29, 0.717) is 22.5 Å². The SMILES string of the molecule is CN(C)CCNc1nc(C(C)(C)C)nc(Cl)c1N. The summed E-state index contributed by atoms with van der Waals surface area (Å²) >= 11 is 6.04. The maximum absolute atomic E-state index is 6.04. The van der Waals surface area contributed by atoms with Gasteiger partial charge in [0.15, 0.2) is 11.0 Å². The van der Waals surface area contributed by atoms with Crippen molar-refractivity contribution < 1.29 is 0 Å². The Morgan fingerprint density at radius 2 is 1.89 bits per heavy atom. The molecule has 102 valence electrons. The number of nitrogens with zero attached hydrogens (tertiary/aromatic N) is 3. The van der Waals surface area contributed by atoms with E-state index in [4.69, 9.17) is 17.3 Å². The van der Waals surface area contributed by atoms with Crippen LogP contribution in [0.4, 0.5) is 11.5 Å². The van der Waals surface area contributed by atoms with Gasteiger partial charge < -0.3 is 16.0 Å². The second-order valence-electron chi connectivity index (χ2n) is 5.58. The van der Waals surface area contributed by atoms with E-state index >= 15 is 0 Å². The van der Waals surface area contributed by atoms with Crippen LogP contribution in [0.25, 0.3) is 0 Å². The highest BCUT2D eigenvalue weighted by atomic mass is 35.5. The summed E-state index contributed by atoms with van der Waals surface area (Å²) in [5, 5.41) is 3.50. The number of nitrogen functional groups attached to an aromatic ring is 1. The minimum atomic E-state index is -0.157. The molecule has 3 N–H and O–H groups in total. The Balaban J connectivity index is 2.93. The van der Waals surface area contributed by atoms with Gasteiger partial charge in [-0.05, 0) is 14.1 Å². The lowest BCUT2D eigenvalue weighted by molar-refractivity contribution is 0.425. The van der Waals surface area contributed by atoms with Gasteiger partial charge in [-0.25, -0.2) is 9.97 Å². The van der Waals surface area contributed by atoms with Crippen LogP contribution >= 0.6 is 11.6 Å². The van der Waals surface area contributed by atoms with Gasteiger partial charge in [-0.2, -0.15) is 0 Å². The summed E-state index contributed by atoms with van der Waals surface area (Å²) in [7, 11) is 4.02. The van der Waals surface area contributed by atoms with Crippen LogP contribution in [0.5, 0.6) is 0 Å². The van der Waals surface area contributed by atoms with E-state index in [1.54, 1.807) is 0 Å². The topological polar surface area (TPSA) is 67.1 Å². The van der Waals surface area contributed by atoms with Gasteiger partial charge in [-0.15, -0.1) is 0 Å². The summed E-state index contributed by atoms with van der Waals surface area (Å²) in [5.41, 5.74) is 6.13. The van der Waals surface area contributed by atoms with E-state index < -0.39 is 0 Å². The quantitative estimate of drug-likeness (QED) is 0.820. The third-order valence-electron chi connectivity index (χ3n) is 2.42. The summed E-state index contributed by atoms with van der Waals surface area (Å²) in [4.78, 5) is 10.8. The Kier molecular flexibility index (Phi) is 4.76. The Labute approximate surface area is 114 Å². The second-order valence-corrected chi connectivity index (χ2v) is 5.94. The third kappa shape index (κ3) is 3.99. The van der Waals surface area contributed by atoms with E-state index in [-0.39, 0.29) is 5.41 Å². The van der Waals surface area contributed by atoms with E-state index in [1.165, 1.54) is 0 Å². The highest BCUT2D eigenvalue weighted by Crippen LogP contribution is 2.28. The molecular weight excluding hydrogens is 250 g/mol. The van der Waals surface area contributed by atoms with Crippen molar-refractivity contribution in [2.45, 2.75) is 26.2 Å². The average Bonchev–Trinajstić information content (AvgIpc) is 2.22. The molecular formula is C12H22ClN5. The summed E-state index contributed by atoms with van der Waals surface area (Å²) < 4.78 is 0. The van der Waals surface area contributed by atoms with E-state index in [2.05, 4.69) is 20.2 Å². The fourth-order valence-corrected chi connectivity index (χ4v) is 1.48. The molecule has 0 bridgehead atoms. The normalized spacial score (nSPS) is 11.9. The molecule has 0 atom stereocenters. The number of halogens is 1. The van der Waals surface area contributed by atoms with Crippen LogP contribution in [0.3, 0.4) is 0 Å². The monoisotopic (exact) mass is 271 g/mol. The van der Waals surface area contributed by atoms with Crippen molar-refractivity contribution in [3.63, 3.8) is 0 Å². The number of aromatic nitrogens is 2. The van der Waals surface area contributed by atoms with Crippen LogP contribution in [-0.4, -0.2) is 42.1 Å². The summed E-state index contributed by atoms with van der Waals surface area (Å²) in [6.45, 7) is 7.77. The summed E-state index contributed by atoms with van der Waals surface area (Å²) in [5.74, 6) is 1.30. The first-order valence-electron chi connectivity index (χ1n) is 5.94. The zero-order chi connectivity index (χ0) is 13.9. The van der Waals surface area contributed by atoms with Crippen molar-refractivity contribution in [3.8, 4) is 0 Å². The van der Waals surface area contributed by atoms with Crippen molar-refractivity contribution in [1.82, 2.24) is 14.9 Å². The fourth-order valence-electron chi connectivity index (χ4n) is 1.31. The molecule has 0 saturated heterocycles. The minimum Gasteiger partial charge on any atom is -0.393 e. The van der Waals surface area contributed by atoms with Crippen molar-refractivity contribution >= 4 is 23.1 Å². The number of hydrogen-bond acceptors (Lipinski definition) is 5. The number of rotatable bonds is 4. The standard InChI is InChI=1S/C12H22ClN5/c1-12(2,3)11-16-9(13)8(14)10(17-11)15-6-7-18(4)5/h6-7,14H2,1-5H3,(H,15,16,17). The number of likely N-dealkylation sites (N-methyl/N-ethyl adjacent to an activating group) is 1. The van der Waals surface area contributed by atoms with Crippen molar-refractivity contribution in [2.75, 3.05) is 38.2 Å². The van der Waals surface area contributed by atoms with Gasteiger partial charge in [0.2, 0.25) is 0 Å². The molecule has 1 rings (SSSR count). The molecule has 0 aliphatic carbocycles. The lowest BCUT2D eigenvalue weighted by Crippen LogP contribution is -2.23. The van der Waals surface area contributed by atoms with Gasteiger partial charge in [-0.1, -0.05) is 32.4 Å². The molecule has 5 nitrogen and oxygen atoms in total. The predicted octanol–water partition coefficient (Wildman–Crippen LogP) is 1.98. The maximum atomic E-state index is 6.04. The van der Waals surface area contributed by atoms with E-state index in [9.17, 15) is 0 Å². The number of anilines is 2. The van der Waals surface area contributed by atoms with Gasteiger partial charge in [0.05, 0.1) is 0 Å². The first-order valence-corrected chi connectivity index (χ1v) is 6.31. The number of hydrogen-bond donors (Lipinski definition) is 2. The molecule has 0 amide bonds. The number of nitrogens with two attached hydrogens (primary N) is 1. The second kappa shape index (κ2) is 5.71. The molecule has 0 saturated carbocycles. The van der Waals surface area contributed by atoms with Gasteiger partial charge in [-0.3, -0.25) is 0 Å². The predicted molar refractivity (Wildman–Crippen MR) is 77.2 cm³/mol. The minimum absolute atomic E-state index is 0.157. The highest BCUT2D eigenvalue weighted by Gasteiger charge is 2.20. The molecule has 0 aliphatic heterocycles. The maximum Gasteiger partial charge on any atom is 0.157 e. The Bertz CT molecular complexity index is 412. The van der Waals surface area contributed by atoms with Gasteiger partial charge in [0.25, 0.3) is 0 Å². The smallest absolute Gasteiger partial charge is 0.157 e. The highest BCUT2D eigenvalue weighted by molar-refractivity contribution is 6.32. The largest absolute Gasteiger partial charge is 0.393 e. The van der Waals surface area contributed by atoms with Crippen LogP contribution in [0, 0.1) is 0 Å². The molecule has 1 aromatic heterocycles.